The molecule has 24 heavy (non-hydrogen) atoms. The van der Waals surface area contributed by atoms with Gasteiger partial charge in [-0.3, -0.25) is 4.79 Å². The summed E-state index contributed by atoms with van der Waals surface area (Å²) in [4.78, 5) is 28.8. The van der Waals surface area contributed by atoms with Crippen molar-refractivity contribution in [2.45, 2.75) is 19.5 Å². The number of nitrogens with one attached hydrogen (secondary N) is 1. The van der Waals surface area contributed by atoms with Crippen molar-refractivity contribution in [1.82, 2.24) is 19.8 Å². The fraction of sp³-hybridized carbons (Fsp3) is 0.353. The summed E-state index contributed by atoms with van der Waals surface area (Å²) >= 11 is 0. The van der Waals surface area contributed by atoms with Crippen LogP contribution in [0.2, 0.25) is 0 Å². The molecule has 2 aromatic rings. The highest BCUT2D eigenvalue weighted by atomic mass is 16.4. The number of nitrogens with zero attached hydrogens (tertiary/aromatic N) is 3. The summed E-state index contributed by atoms with van der Waals surface area (Å²) < 4.78 is 1.97. The average molecular weight is 328 g/mol. The molecule has 2 N–H and O–H groups in total. The molecule has 1 unspecified atom stereocenters. The van der Waals surface area contributed by atoms with Crippen molar-refractivity contribution in [3.8, 4) is 0 Å². The van der Waals surface area contributed by atoms with E-state index in [1.54, 1.807) is 17.4 Å². The van der Waals surface area contributed by atoms with Crippen molar-refractivity contribution < 1.29 is 14.7 Å². The number of hydrogen-bond donors (Lipinski definition) is 2. The molecule has 0 radical (unpaired) electrons. The first-order chi connectivity index (χ1) is 11.6. The Morgan fingerprint density at radius 1 is 1.29 bits per heavy atom. The predicted octanol–water partition coefficient (Wildman–Crippen LogP) is 1.55. The maximum absolute atomic E-state index is 12.2. The highest BCUT2D eigenvalue weighted by Crippen LogP contribution is 2.16. The first-order valence-corrected chi connectivity index (χ1v) is 7.91. The number of aliphatic carboxylic acids is 1. The summed E-state index contributed by atoms with van der Waals surface area (Å²) in [5.41, 5.74) is 2.15. The molecule has 0 bridgehead atoms. The third-order valence-electron chi connectivity index (χ3n) is 4.29. The maximum atomic E-state index is 12.2. The van der Waals surface area contributed by atoms with E-state index in [0.717, 1.165) is 11.1 Å². The Morgan fingerprint density at radius 3 is 2.75 bits per heavy atom. The molecule has 126 valence electrons. The quantitative estimate of drug-likeness (QED) is 0.872. The molecular formula is C17H20N4O3. The number of carboxylic acid groups (broad SMARTS) is 1. The zero-order valence-corrected chi connectivity index (χ0v) is 13.3. The van der Waals surface area contributed by atoms with Gasteiger partial charge in [0.05, 0.1) is 12.2 Å². The van der Waals surface area contributed by atoms with Crippen LogP contribution in [0.3, 0.4) is 0 Å². The molecule has 1 aromatic heterocycles. The van der Waals surface area contributed by atoms with E-state index in [9.17, 15) is 9.59 Å². The summed E-state index contributed by atoms with van der Waals surface area (Å²) in [7, 11) is 0. The molecule has 3 rings (SSSR count). The molecule has 1 aliphatic heterocycles. The second-order valence-corrected chi connectivity index (χ2v) is 5.93. The maximum Gasteiger partial charge on any atom is 0.317 e. The van der Waals surface area contributed by atoms with Gasteiger partial charge in [-0.05, 0) is 17.5 Å². The van der Waals surface area contributed by atoms with Gasteiger partial charge in [0.1, 0.15) is 0 Å². The Balaban J connectivity index is 1.59. The molecule has 0 spiro atoms. The van der Waals surface area contributed by atoms with E-state index in [4.69, 9.17) is 5.11 Å². The largest absolute Gasteiger partial charge is 0.481 e. The minimum Gasteiger partial charge on any atom is -0.481 e. The van der Waals surface area contributed by atoms with Crippen LogP contribution in [0.25, 0.3) is 0 Å². The SMILES string of the molecule is O=C(O)C1CCN(C(=O)NCc2ccccc2Cn2ccnc2)C1. The number of benzene rings is 1. The van der Waals surface area contributed by atoms with E-state index in [-0.39, 0.29) is 12.6 Å². The van der Waals surface area contributed by atoms with E-state index < -0.39 is 11.9 Å². The lowest BCUT2D eigenvalue weighted by atomic mass is 10.1. The number of hydrogen-bond acceptors (Lipinski definition) is 3. The average Bonchev–Trinajstić information content (AvgIpc) is 3.25. The van der Waals surface area contributed by atoms with Crippen molar-refractivity contribution in [2.24, 2.45) is 5.92 Å². The summed E-state index contributed by atoms with van der Waals surface area (Å²) in [6, 6.07) is 7.70. The van der Waals surface area contributed by atoms with Crippen LogP contribution in [-0.2, 0) is 17.9 Å². The summed E-state index contributed by atoms with van der Waals surface area (Å²) in [5, 5.41) is 11.9. The number of urea groups is 1. The number of carbonyl (C=O) groups is 2. The van der Waals surface area contributed by atoms with Gasteiger partial charge >= 0.3 is 12.0 Å². The number of carbonyl (C=O) groups excluding carboxylic acids is 1. The van der Waals surface area contributed by atoms with Crippen LogP contribution in [0.4, 0.5) is 4.79 Å². The van der Waals surface area contributed by atoms with Crippen LogP contribution in [0.15, 0.2) is 43.0 Å². The van der Waals surface area contributed by atoms with E-state index in [0.29, 0.717) is 26.1 Å². The lowest BCUT2D eigenvalue weighted by Gasteiger charge is -2.18. The number of aromatic nitrogens is 2. The van der Waals surface area contributed by atoms with Crippen LogP contribution >= 0.6 is 0 Å². The van der Waals surface area contributed by atoms with Gasteiger partial charge in [0.15, 0.2) is 0 Å². The third kappa shape index (κ3) is 3.73. The van der Waals surface area contributed by atoms with Crippen LogP contribution < -0.4 is 5.32 Å². The number of amides is 2. The van der Waals surface area contributed by atoms with E-state index in [2.05, 4.69) is 10.3 Å². The Labute approximate surface area is 139 Å². The standard InChI is InChI=1S/C17H20N4O3/c22-16(23)15-5-7-21(11-15)17(24)19-9-13-3-1-2-4-14(13)10-20-8-6-18-12-20/h1-4,6,8,12,15H,5,7,9-11H2,(H,19,24)(H,22,23). The molecule has 1 atom stereocenters. The second-order valence-electron chi connectivity index (χ2n) is 5.93. The van der Waals surface area contributed by atoms with Crippen LogP contribution in [0.5, 0.6) is 0 Å². The van der Waals surface area contributed by atoms with Gasteiger partial charge in [-0.15, -0.1) is 0 Å². The highest BCUT2D eigenvalue weighted by Gasteiger charge is 2.30. The summed E-state index contributed by atoms with van der Waals surface area (Å²) in [6.45, 7) is 1.87. The number of imidazole rings is 1. The highest BCUT2D eigenvalue weighted by molar-refractivity contribution is 5.77. The zero-order valence-electron chi connectivity index (χ0n) is 13.3. The second kappa shape index (κ2) is 7.16. The molecule has 0 aliphatic carbocycles. The smallest absolute Gasteiger partial charge is 0.317 e. The minimum absolute atomic E-state index is 0.212. The molecule has 2 amide bonds. The van der Waals surface area contributed by atoms with Gasteiger partial charge in [-0.2, -0.15) is 0 Å². The molecule has 7 nitrogen and oxygen atoms in total. The van der Waals surface area contributed by atoms with Gasteiger partial charge in [-0.1, -0.05) is 24.3 Å². The monoisotopic (exact) mass is 328 g/mol. The Morgan fingerprint density at radius 2 is 2.08 bits per heavy atom. The Kier molecular flexibility index (Phi) is 4.79. The normalized spacial score (nSPS) is 17.0. The third-order valence-corrected chi connectivity index (χ3v) is 4.29. The van der Waals surface area contributed by atoms with Crippen molar-refractivity contribution in [3.63, 3.8) is 0 Å². The first-order valence-electron chi connectivity index (χ1n) is 7.91. The number of rotatable bonds is 5. The van der Waals surface area contributed by atoms with Crippen molar-refractivity contribution in [2.75, 3.05) is 13.1 Å². The molecule has 1 saturated heterocycles. The fourth-order valence-corrected chi connectivity index (χ4v) is 2.89. The van der Waals surface area contributed by atoms with Crippen LogP contribution in [0.1, 0.15) is 17.5 Å². The summed E-state index contributed by atoms with van der Waals surface area (Å²) in [6.07, 6.45) is 5.90. The Hall–Kier alpha value is -2.83. The van der Waals surface area contributed by atoms with Gasteiger partial charge in [0.2, 0.25) is 0 Å². The van der Waals surface area contributed by atoms with E-state index >= 15 is 0 Å². The van der Waals surface area contributed by atoms with Crippen LogP contribution in [-0.4, -0.2) is 44.6 Å². The molecule has 1 aliphatic rings. The van der Waals surface area contributed by atoms with Crippen molar-refractivity contribution >= 4 is 12.0 Å². The fourth-order valence-electron chi connectivity index (χ4n) is 2.89. The van der Waals surface area contributed by atoms with E-state index in [1.807, 2.05) is 35.0 Å². The number of likely N-dealkylation sites (tertiary alicyclic amines) is 1. The zero-order chi connectivity index (χ0) is 16.9. The van der Waals surface area contributed by atoms with E-state index in [1.165, 1.54) is 0 Å². The molecular weight excluding hydrogens is 308 g/mol. The summed E-state index contributed by atoms with van der Waals surface area (Å²) in [5.74, 6) is -1.29. The van der Waals surface area contributed by atoms with Gasteiger partial charge in [-0.25, -0.2) is 9.78 Å². The first kappa shape index (κ1) is 16.0. The lowest BCUT2D eigenvalue weighted by molar-refractivity contribution is -0.141. The predicted molar refractivity (Wildman–Crippen MR) is 87.3 cm³/mol. The molecule has 1 fully saturated rings. The number of carboxylic acids is 1. The topological polar surface area (TPSA) is 87.5 Å². The van der Waals surface area contributed by atoms with Gasteiger partial charge in [0, 0.05) is 38.6 Å². The van der Waals surface area contributed by atoms with Crippen LogP contribution in [0, 0.1) is 5.92 Å². The van der Waals surface area contributed by atoms with Gasteiger partial charge in [0.25, 0.3) is 0 Å². The van der Waals surface area contributed by atoms with Crippen molar-refractivity contribution in [3.05, 3.63) is 54.1 Å². The molecule has 0 saturated carbocycles. The van der Waals surface area contributed by atoms with Gasteiger partial charge < -0.3 is 19.9 Å². The minimum atomic E-state index is -0.837. The van der Waals surface area contributed by atoms with Crippen molar-refractivity contribution in [1.29, 1.82) is 0 Å². The Bertz CT molecular complexity index is 714. The molecule has 7 heteroatoms. The molecule has 2 heterocycles. The molecule has 1 aromatic carbocycles. The lowest BCUT2D eigenvalue weighted by Crippen LogP contribution is -2.38.